The Bertz CT molecular complexity index is 920. The van der Waals surface area contributed by atoms with E-state index in [2.05, 4.69) is 41.3 Å². The third-order valence-corrected chi connectivity index (χ3v) is 6.26. The van der Waals surface area contributed by atoms with Gasteiger partial charge >= 0.3 is 0 Å². The molecule has 0 aliphatic carbocycles. The highest BCUT2D eigenvalue weighted by atomic mass is 79.9. The van der Waals surface area contributed by atoms with E-state index in [0.717, 1.165) is 32.6 Å². The van der Waals surface area contributed by atoms with Crippen LogP contribution in [0.15, 0.2) is 46.6 Å². The number of thiophene rings is 1. The first-order valence-electron chi connectivity index (χ1n) is 8.16. The first-order chi connectivity index (χ1) is 12.2. The van der Waals surface area contributed by atoms with Crippen molar-refractivity contribution in [1.29, 1.82) is 0 Å². The Morgan fingerprint density at radius 1 is 1.24 bits per heavy atom. The second-order valence-electron chi connectivity index (χ2n) is 6.25. The van der Waals surface area contributed by atoms with E-state index < -0.39 is 0 Å². The van der Waals surface area contributed by atoms with Crippen molar-refractivity contribution >= 4 is 33.0 Å². The monoisotopic (exact) mass is 412 g/mol. The average molecular weight is 413 g/mol. The lowest BCUT2D eigenvalue weighted by Gasteiger charge is -2.27. The molecule has 2 aromatic heterocycles. The third kappa shape index (κ3) is 3.69. The smallest absolute Gasteiger partial charge is 0.187 e. The molecule has 1 aliphatic rings. The van der Waals surface area contributed by atoms with Gasteiger partial charge in [0, 0.05) is 37.3 Å². The van der Waals surface area contributed by atoms with Crippen LogP contribution in [0, 0.1) is 6.57 Å². The summed E-state index contributed by atoms with van der Waals surface area (Å²) in [5, 5.41) is 0. The molecule has 0 N–H and O–H groups in total. The molecule has 0 fully saturated rings. The molecule has 0 unspecified atom stereocenters. The minimum atomic E-state index is 0.681. The zero-order valence-corrected chi connectivity index (χ0v) is 16.1. The van der Waals surface area contributed by atoms with Crippen LogP contribution in [0.4, 0.5) is 5.69 Å². The Kier molecular flexibility index (Phi) is 4.71. The molecule has 0 bridgehead atoms. The van der Waals surface area contributed by atoms with Crippen LogP contribution < -0.4 is 0 Å². The molecule has 1 aromatic carbocycles. The second-order valence-corrected chi connectivity index (χ2v) is 8.77. The number of hydrogen-bond donors (Lipinski definition) is 0. The summed E-state index contributed by atoms with van der Waals surface area (Å²) in [5.74, 6) is 0. The Morgan fingerprint density at radius 3 is 2.88 bits per heavy atom. The molecule has 25 heavy (non-hydrogen) atoms. The minimum Gasteiger partial charge on any atom is -0.329 e. The van der Waals surface area contributed by atoms with Gasteiger partial charge in [-0.1, -0.05) is 24.3 Å². The van der Waals surface area contributed by atoms with Crippen LogP contribution in [-0.4, -0.2) is 21.0 Å². The first-order valence-corrected chi connectivity index (χ1v) is 9.77. The normalized spacial score (nSPS) is 14.2. The van der Waals surface area contributed by atoms with E-state index in [1.807, 2.05) is 48.1 Å². The Balaban J connectivity index is 1.46. The van der Waals surface area contributed by atoms with E-state index in [1.165, 1.54) is 25.5 Å². The molecule has 0 saturated carbocycles. The van der Waals surface area contributed by atoms with Gasteiger partial charge in [-0.3, -0.25) is 4.90 Å². The fraction of sp³-hybridized carbons (Fsp3) is 0.263. The second kappa shape index (κ2) is 7.12. The van der Waals surface area contributed by atoms with E-state index in [1.54, 1.807) is 0 Å². The van der Waals surface area contributed by atoms with Crippen LogP contribution in [0.25, 0.3) is 4.85 Å². The molecule has 4 nitrogen and oxygen atoms in total. The maximum Gasteiger partial charge on any atom is 0.187 e. The van der Waals surface area contributed by atoms with Crippen LogP contribution in [0.3, 0.4) is 0 Å². The summed E-state index contributed by atoms with van der Waals surface area (Å²) in [6.45, 7) is 10.8. The quantitative estimate of drug-likeness (QED) is 0.571. The molecule has 1 aliphatic heterocycles. The molecule has 0 spiro atoms. The molecule has 3 heterocycles. The largest absolute Gasteiger partial charge is 0.329 e. The maximum absolute atomic E-state index is 7.04. The van der Waals surface area contributed by atoms with E-state index in [9.17, 15) is 0 Å². The number of benzene rings is 1. The Hall–Kier alpha value is -1.94. The van der Waals surface area contributed by atoms with E-state index in [0.29, 0.717) is 5.69 Å². The lowest BCUT2D eigenvalue weighted by atomic mass is 10.1. The van der Waals surface area contributed by atoms with E-state index >= 15 is 0 Å². The maximum atomic E-state index is 7.04. The van der Waals surface area contributed by atoms with Gasteiger partial charge in [0.2, 0.25) is 0 Å². The predicted octanol–water partition coefficient (Wildman–Crippen LogP) is 4.86. The van der Waals surface area contributed by atoms with Gasteiger partial charge in [-0.05, 0) is 39.5 Å². The molecule has 0 atom stereocenters. The fourth-order valence-electron chi connectivity index (χ4n) is 3.21. The number of rotatable bonds is 4. The first kappa shape index (κ1) is 16.5. The molecule has 3 aromatic rings. The lowest BCUT2D eigenvalue weighted by molar-refractivity contribution is 0.241. The Labute approximate surface area is 159 Å². The number of nitrogens with zero attached hydrogens (tertiary/aromatic N) is 4. The van der Waals surface area contributed by atoms with Crippen molar-refractivity contribution in [3.05, 3.63) is 79.8 Å². The van der Waals surface area contributed by atoms with Crippen molar-refractivity contribution in [3.63, 3.8) is 0 Å². The summed E-state index contributed by atoms with van der Waals surface area (Å²) >= 11 is 5.46. The summed E-state index contributed by atoms with van der Waals surface area (Å²) in [6.07, 6.45) is 4.99. The molecular weight excluding hydrogens is 396 g/mol. The van der Waals surface area contributed by atoms with Crippen molar-refractivity contribution in [2.75, 3.05) is 6.54 Å². The van der Waals surface area contributed by atoms with Crippen LogP contribution >= 0.6 is 27.3 Å². The van der Waals surface area contributed by atoms with Gasteiger partial charge in [0.15, 0.2) is 5.69 Å². The number of hydrogen-bond acceptors (Lipinski definition) is 3. The van der Waals surface area contributed by atoms with E-state index in [4.69, 9.17) is 6.57 Å². The highest BCUT2D eigenvalue weighted by Gasteiger charge is 2.19. The van der Waals surface area contributed by atoms with Gasteiger partial charge in [0.1, 0.15) is 0 Å². The summed E-state index contributed by atoms with van der Waals surface area (Å²) in [5.41, 5.74) is 4.55. The summed E-state index contributed by atoms with van der Waals surface area (Å²) in [6, 6.07) is 10.0. The summed E-state index contributed by atoms with van der Waals surface area (Å²) in [7, 11) is 0. The topological polar surface area (TPSA) is 25.4 Å². The van der Waals surface area contributed by atoms with E-state index in [-0.39, 0.29) is 0 Å². The van der Waals surface area contributed by atoms with Crippen LogP contribution in [0.1, 0.15) is 21.7 Å². The van der Waals surface area contributed by atoms with Gasteiger partial charge in [0.05, 0.1) is 22.4 Å². The minimum absolute atomic E-state index is 0.681. The predicted molar refractivity (Wildman–Crippen MR) is 104 cm³/mol. The molecule has 6 heteroatoms. The van der Waals surface area contributed by atoms with Crippen LogP contribution in [0.5, 0.6) is 0 Å². The third-order valence-electron chi connectivity index (χ3n) is 4.52. The number of halogens is 1. The molecule has 0 amide bonds. The number of imidazole rings is 1. The Morgan fingerprint density at radius 2 is 2.08 bits per heavy atom. The van der Waals surface area contributed by atoms with Crippen molar-refractivity contribution in [3.8, 4) is 0 Å². The van der Waals surface area contributed by atoms with Gasteiger partial charge in [-0.15, -0.1) is 11.3 Å². The average Bonchev–Trinajstić information content (AvgIpc) is 3.20. The lowest BCUT2D eigenvalue weighted by Crippen LogP contribution is -2.30. The summed E-state index contributed by atoms with van der Waals surface area (Å²) < 4.78 is 3.43. The van der Waals surface area contributed by atoms with Crippen molar-refractivity contribution in [1.82, 2.24) is 14.5 Å². The standard InChI is InChI=1S/C19H17BrN4S/c1-21-16-4-2-14(3-5-16)10-24-13-22-9-17(24)12-23-7-6-18-15(11-23)8-19(20)25-18/h2-5,8-9,13H,6-7,10-12H2. The van der Waals surface area contributed by atoms with Gasteiger partial charge in [-0.25, -0.2) is 9.83 Å². The van der Waals surface area contributed by atoms with Gasteiger partial charge in [-0.2, -0.15) is 0 Å². The van der Waals surface area contributed by atoms with Crippen LogP contribution in [0.2, 0.25) is 0 Å². The van der Waals surface area contributed by atoms with Gasteiger partial charge in [0.25, 0.3) is 0 Å². The number of fused-ring (bicyclic) bond motifs is 1. The molecule has 0 radical (unpaired) electrons. The highest BCUT2D eigenvalue weighted by Crippen LogP contribution is 2.31. The SMILES string of the molecule is [C-]#[N+]c1ccc(Cn2cncc2CN2CCc3sc(Br)cc3C2)cc1. The zero-order valence-electron chi connectivity index (χ0n) is 13.7. The van der Waals surface area contributed by atoms with Gasteiger partial charge < -0.3 is 4.57 Å². The molecule has 126 valence electrons. The molecular formula is C19H17BrN4S. The van der Waals surface area contributed by atoms with Crippen molar-refractivity contribution < 1.29 is 0 Å². The van der Waals surface area contributed by atoms with Crippen molar-refractivity contribution in [2.45, 2.75) is 26.1 Å². The zero-order chi connectivity index (χ0) is 17.2. The fourth-order valence-corrected chi connectivity index (χ4v) is 4.96. The molecule has 4 rings (SSSR count). The highest BCUT2D eigenvalue weighted by molar-refractivity contribution is 9.11. The van der Waals surface area contributed by atoms with Crippen LogP contribution in [-0.2, 0) is 26.1 Å². The van der Waals surface area contributed by atoms with Crippen molar-refractivity contribution in [2.24, 2.45) is 0 Å². The summed E-state index contributed by atoms with van der Waals surface area (Å²) in [4.78, 5) is 11.8. The number of aromatic nitrogens is 2. The molecule has 0 saturated heterocycles.